The van der Waals surface area contributed by atoms with Crippen molar-refractivity contribution in [2.75, 3.05) is 0 Å². The molecule has 1 rings (SSSR count). The smallest absolute Gasteiger partial charge is 0.271 e. The molecule has 1 aliphatic heterocycles. The maximum atomic E-state index is 9.68. The van der Waals surface area contributed by atoms with Crippen molar-refractivity contribution in [1.29, 1.82) is 0 Å². The van der Waals surface area contributed by atoms with Gasteiger partial charge >= 0.3 is 0 Å². The van der Waals surface area contributed by atoms with Gasteiger partial charge in [-0.2, -0.15) is 0 Å². The normalized spacial score (nSPS) is 18.4. The number of carbonyl (C=O) groups is 1. The molecule has 0 aromatic rings. The zero-order valence-electron chi connectivity index (χ0n) is 2.62. The SMILES string of the molecule is C=C1NC1=O. The Hall–Kier alpha value is -0.790. The fraction of sp³-hybridized carbons (Fsp3) is 0. The summed E-state index contributed by atoms with van der Waals surface area (Å²) >= 11 is 0. The van der Waals surface area contributed by atoms with Gasteiger partial charge in [-0.15, -0.1) is 0 Å². The lowest BCUT2D eigenvalue weighted by Crippen LogP contribution is -1.66. The van der Waals surface area contributed by atoms with Crippen molar-refractivity contribution < 1.29 is 4.79 Å². The van der Waals surface area contributed by atoms with Crippen LogP contribution in [0.1, 0.15) is 0 Å². The van der Waals surface area contributed by atoms with E-state index in [-0.39, 0.29) is 5.91 Å². The monoisotopic (exact) mass is 69.0 g/mol. The highest BCUT2D eigenvalue weighted by atomic mass is 16.2. The minimum atomic E-state index is -0.0231. The molecule has 26 valence electrons. The quantitative estimate of drug-likeness (QED) is 0.306. The topological polar surface area (TPSA) is 39.0 Å². The lowest BCUT2D eigenvalue weighted by Gasteiger charge is -1.31. The van der Waals surface area contributed by atoms with Gasteiger partial charge in [-0.05, 0) is 0 Å². The summed E-state index contributed by atoms with van der Waals surface area (Å²) < 4.78 is 0. The van der Waals surface area contributed by atoms with E-state index in [2.05, 4.69) is 11.9 Å². The van der Waals surface area contributed by atoms with Gasteiger partial charge in [0.05, 0.1) is 5.70 Å². The van der Waals surface area contributed by atoms with E-state index in [1.165, 1.54) is 0 Å². The Morgan fingerprint density at radius 2 is 2.00 bits per heavy atom. The van der Waals surface area contributed by atoms with Crippen LogP contribution in [0.3, 0.4) is 0 Å². The van der Waals surface area contributed by atoms with E-state index in [9.17, 15) is 4.79 Å². The van der Waals surface area contributed by atoms with Crippen molar-refractivity contribution in [1.82, 2.24) is 5.32 Å². The highest BCUT2D eigenvalue weighted by Crippen LogP contribution is 1.96. The van der Waals surface area contributed by atoms with E-state index in [0.29, 0.717) is 5.70 Å². The van der Waals surface area contributed by atoms with Crippen molar-refractivity contribution in [3.05, 3.63) is 12.3 Å². The molecule has 0 bridgehead atoms. The van der Waals surface area contributed by atoms with Crippen molar-refractivity contribution in [3.8, 4) is 0 Å². The second-order valence-electron chi connectivity index (χ2n) is 0.933. The molecule has 0 atom stereocenters. The lowest BCUT2D eigenvalue weighted by atomic mass is 10.7. The number of rotatable bonds is 0. The van der Waals surface area contributed by atoms with Gasteiger partial charge in [-0.25, -0.2) is 0 Å². The van der Waals surface area contributed by atoms with E-state index in [1.807, 2.05) is 0 Å². The summed E-state index contributed by atoms with van der Waals surface area (Å²) in [6.45, 7) is 3.29. The molecule has 0 saturated carbocycles. The summed E-state index contributed by atoms with van der Waals surface area (Å²) in [7, 11) is 0. The van der Waals surface area contributed by atoms with E-state index >= 15 is 0 Å². The van der Waals surface area contributed by atoms with Crippen molar-refractivity contribution >= 4 is 5.91 Å². The third kappa shape index (κ3) is 0.173. The van der Waals surface area contributed by atoms with Crippen molar-refractivity contribution in [2.24, 2.45) is 0 Å². The summed E-state index contributed by atoms with van der Waals surface area (Å²) in [5.41, 5.74) is 0.532. The molecule has 0 unspecified atom stereocenters. The maximum absolute atomic E-state index is 9.68. The minimum absolute atomic E-state index is 0.0231. The van der Waals surface area contributed by atoms with Gasteiger partial charge in [0.2, 0.25) is 0 Å². The molecule has 1 saturated heterocycles. The minimum Gasteiger partial charge on any atom is -0.317 e. The van der Waals surface area contributed by atoms with Gasteiger partial charge in [-0.1, -0.05) is 6.58 Å². The van der Waals surface area contributed by atoms with Crippen LogP contribution in [0.5, 0.6) is 0 Å². The standard InChI is InChI=1S/C3H3NO/c1-2-3(5)4-2/h1H2,(H,4,5). The molecule has 1 amide bonds. The van der Waals surface area contributed by atoms with E-state index in [1.54, 1.807) is 0 Å². The van der Waals surface area contributed by atoms with Crippen LogP contribution >= 0.6 is 0 Å². The van der Waals surface area contributed by atoms with E-state index in [4.69, 9.17) is 0 Å². The fourth-order valence-corrected chi connectivity index (χ4v) is 0.106. The first kappa shape index (κ1) is 2.45. The molecule has 5 heavy (non-hydrogen) atoms. The van der Waals surface area contributed by atoms with E-state index in [0.717, 1.165) is 0 Å². The molecule has 1 N–H and O–H groups in total. The van der Waals surface area contributed by atoms with Crippen LogP contribution in [0.25, 0.3) is 0 Å². The van der Waals surface area contributed by atoms with Crippen LogP contribution in [0.2, 0.25) is 0 Å². The summed E-state index contributed by atoms with van der Waals surface area (Å²) in [6, 6.07) is 0. The third-order valence-corrected chi connectivity index (χ3v) is 0.476. The molecule has 0 spiro atoms. The predicted octanol–water partition coefficient (Wildman–Crippen LogP) is -0.370. The Morgan fingerprint density at radius 1 is 1.80 bits per heavy atom. The average Bonchev–Trinajstić information content (AvgIpc) is 1.79. The Balaban J connectivity index is 2.81. The number of nitrogens with one attached hydrogen (secondary N) is 1. The molecular weight excluding hydrogens is 66.0 g/mol. The highest BCUT2D eigenvalue weighted by Gasteiger charge is 2.20. The first-order valence-corrected chi connectivity index (χ1v) is 1.31. The Morgan fingerprint density at radius 3 is 2.00 bits per heavy atom. The number of hydrogen-bond acceptors (Lipinski definition) is 1. The van der Waals surface area contributed by atoms with Gasteiger partial charge in [0.25, 0.3) is 5.91 Å². The lowest BCUT2D eigenvalue weighted by molar-refractivity contribution is -0.109. The summed E-state index contributed by atoms with van der Waals surface area (Å²) in [5.74, 6) is -0.0231. The van der Waals surface area contributed by atoms with Gasteiger partial charge in [0, 0.05) is 0 Å². The van der Waals surface area contributed by atoms with Crippen LogP contribution in [0.4, 0.5) is 0 Å². The van der Waals surface area contributed by atoms with Gasteiger partial charge in [0.1, 0.15) is 0 Å². The van der Waals surface area contributed by atoms with Crippen molar-refractivity contribution in [2.45, 2.75) is 0 Å². The Labute approximate surface area is 29.5 Å². The first-order chi connectivity index (χ1) is 2.30. The van der Waals surface area contributed by atoms with Crippen LogP contribution in [-0.2, 0) is 4.79 Å². The average molecular weight is 69.1 g/mol. The van der Waals surface area contributed by atoms with Crippen LogP contribution in [0.15, 0.2) is 12.3 Å². The molecule has 1 heterocycles. The van der Waals surface area contributed by atoms with Gasteiger partial charge in [-0.3, -0.25) is 4.79 Å². The molecule has 0 radical (unpaired) electrons. The largest absolute Gasteiger partial charge is 0.317 e. The first-order valence-electron chi connectivity index (χ1n) is 1.31. The van der Waals surface area contributed by atoms with Gasteiger partial charge < -0.3 is 5.32 Å². The number of carbonyl (C=O) groups excluding carboxylic acids is 1. The summed E-state index contributed by atoms with van der Waals surface area (Å²) in [4.78, 5) is 9.68. The molecular formula is C3H3NO. The molecule has 1 fully saturated rings. The fourth-order valence-electron chi connectivity index (χ4n) is 0.106. The summed E-state index contributed by atoms with van der Waals surface area (Å²) in [5, 5.41) is 2.36. The highest BCUT2D eigenvalue weighted by molar-refractivity contribution is 6.09. The predicted molar refractivity (Wildman–Crippen MR) is 17.3 cm³/mol. The molecule has 1 aliphatic rings. The Kier molecular flexibility index (Phi) is 0.199. The molecule has 0 aliphatic carbocycles. The van der Waals surface area contributed by atoms with Crippen LogP contribution < -0.4 is 5.32 Å². The maximum Gasteiger partial charge on any atom is 0.271 e. The van der Waals surface area contributed by atoms with Gasteiger partial charge in [0.15, 0.2) is 0 Å². The van der Waals surface area contributed by atoms with Crippen LogP contribution in [-0.4, -0.2) is 5.91 Å². The molecule has 2 nitrogen and oxygen atoms in total. The van der Waals surface area contributed by atoms with E-state index < -0.39 is 0 Å². The molecule has 0 aromatic heterocycles. The molecule has 2 heteroatoms. The molecule has 0 aromatic carbocycles. The Bertz CT molecular complexity index is 83.1. The second-order valence-corrected chi connectivity index (χ2v) is 0.933. The third-order valence-electron chi connectivity index (χ3n) is 0.476. The number of hydrogen-bond donors (Lipinski definition) is 1. The van der Waals surface area contributed by atoms with Crippen LogP contribution in [0, 0.1) is 0 Å². The zero-order chi connectivity index (χ0) is 3.86. The second kappa shape index (κ2) is 0.407. The summed E-state index contributed by atoms with van der Waals surface area (Å²) in [6.07, 6.45) is 0. The number of amides is 1. The zero-order valence-corrected chi connectivity index (χ0v) is 2.62. The van der Waals surface area contributed by atoms with Crippen molar-refractivity contribution in [3.63, 3.8) is 0 Å².